The van der Waals surface area contributed by atoms with Crippen LogP contribution >= 0.6 is 0 Å². The van der Waals surface area contributed by atoms with Crippen LogP contribution < -0.4 is 5.32 Å². The van der Waals surface area contributed by atoms with Crippen LogP contribution in [0.15, 0.2) is 0 Å². The van der Waals surface area contributed by atoms with E-state index in [4.69, 9.17) is 5.11 Å². The molecule has 2 heterocycles. The molecule has 2 N–H and O–H groups in total. The standard InChI is InChI=1S/C15H26N2O4.C11H22N2O.C2H6/c1-10(2)11-9-13(20)17(14(11)21)7-5-12(19)16-15(3,4)6-8-18;1-10(2)4-5-11(14)13-8-6-12(3)7-9-13;1-2/h10-11,18H,5-9H2,1-4H3,(H,16,19);10H,4-9H2,1-3H3;1-2H3. The molecule has 1 atom stereocenters. The predicted octanol–water partition coefficient (Wildman–Crippen LogP) is 2.91. The molecular formula is C28H54N4O5. The van der Waals surface area contributed by atoms with Crippen LogP contribution in [0, 0.1) is 17.8 Å². The molecule has 9 nitrogen and oxygen atoms in total. The van der Waals surface area contributed by atoms with E-state index >= 15 is 0 Å². The van der Waals surface area contributed by atoms with Crippen molar-refractivity contribution in [2.75, 3.05) is 46.4 Å². The lowest BCUT2D eigenvalue weighted by Gasteiger charge is -2.32. The van der Waals surface area contributed by atoms with Gasteiger partial charge in [0.05, 0.1) is 0 Å². The summed E-state index contributed by atoms with van der Waals surface area (Å²) in [7, 11) is 2.11. The topological polar surface area (TPSA) is 110 Å². The number of imide groups is 1. The van der Waals surface area contributed by atoms with Gasteiger partial charge in [0.1, 0.15) is 0 Å². The Hall–Kier alpha value is -2.00. The highest BCUT2D eigenvalue weighted by atomic mass is 16.3. The minimum Gasteiger partial charge on any atom is -0.396 e. The van der Waals surface area contributed by atoms with E-state index in [0.717, 1.165) is 39.0 Å². The molecule has 0 bridgehead atoms. The Labute approximate surface area is 225 Å². The molecule has 0 aromatic heterocycles. The Balaban J connectivity index is 0.000000702. The summed E-state index contributed by atoms with van der Waals surface area (Å²) in [6.45, 7) is 19.8. The molecule has 0 aromatic rings. The number of carbonyl (C=O) groups is 4. The van der Waals surface area contributed by atoms with E-state index in [1.54, 1.807) is 0 Å². The quantitative estimate of drug-likeness (QED) is 0.424. The number of likely N-dealkylation sites (tertiary alicyclic amines) is 1. The number of hydrogen-bond donors (Lipinski definition) is 2. The van der Waals surface area contributed by atoms with Crippen molar-refractivity contribution in [3.63, 3.8) is 0 Å². The zero-order valence-corrected chi connectivity index (χ0v) is 24.9. The van der Waals surface area contributed by atoms with Crippen molar-refractivity contribution in [1.82, 2.24) is 20.0 Å². The fourth-order valence-corrected chi connectivity index (χ4v) is 4.09. The summed E-state index contributed by atoms with van der Waals surface area (Å²) in [4.78, 5) is 53.0. The SMILES string of the molecule is CC.CC(C)C1CC(=O)N(CCC(=O)NC(C)(C)CCO)C1=O.CC(C)CCC(=O)N1CCN(C)CC1. The van der Waals surface area contributed by atoms with Crippen LogP contribution in [0.1, 0.15) is 87.5 Å². The fourth-order valence-electron chi connectivity index (χ4n) is 4.09. The number of aliphatic hydroxyl groups is 1. The summed E-state index contributed by atoms with van der Waals surface area (Å²) in [5.74, 6) is 0.258. The minimum absolute atomic E-state index is 0.00749. The number of amides is 4. The first-order valence-electron chi connectivity index (χ1n) is 14.0. The molecule has 0 spiro atoms. The highest BCUT2D eigenvalue weighted by Gasteiger charge is 2.39. The smallest absolute Gasteiger partial charge is 0.233 e. The second-order valence-electron chi connectivity index (χ2n) is 11.2. The molecule has 9 heteroatoms. The molecule has 2 aliphatic heterocycles. The summed E-state index contributed by atoms with van der Waals surface area (Å²) >= 11 is 0. The zero-order chi connectivity index (χ0) is 28.8. The van der Waals surface area contributed by atoms with Gasteiger partial charge >= 0.3 is 0 Å². The van der Waals surface area contributed by atoms with Gasteiger partial charge in [0.25, 0.3) is 0 Å². The van der Waals surface area contributed by atoms with Crippen LogP contribution in [0.2, 0.25) is 0 Å². The fraction of sp³-hybridized carbons (Fsp3) is 0.857. The zero-order valence-electron chi connectivity index (χ0n) is 24.9. The largest absolute Gasteiger partial charge is 0.396 e. The Morgan fingerprint density at radius 2 is 1.59 bits per heavy atom. The molecule has 0 aromatic carbocycles. The van der Waals surface area contributed by atoms with E-state index in [0.29, 0.717) is 18.2 Å². The second-order valence-corrected chi connectivity index (χ2v) is 11.2. The van der Waals surface area contributed by atoms with Crippen LogP contribution in [0.4, 0.5) is 0 Å². The minimum atomic E-state index is -0.495. The molecule has 1 unspecified atom stereocenters. The Bertz CT molecular complexity index is 715. The third-order valence-corrected chi connectivity index (χ3v) is 6.65. The predicted molar refractivity (Wildman–Crippen MR) is 148 cm³/mol. The number of likely N-dealkylation sites (N-methyl/N-ethyl adjacent to an activating group) is 1. The van der Waals surface area contributed by atoms with Crippen LogP contribution in [0.5, 0.6) is 0 Å². The third-order valence-electron chi connectivity index (χ3n) is 6.65. The maximum absolute atomic E-state index is 12.1. The average Bonchev–Trinajstić information content (AvgIpc) is 3.11. The summed E-state index contributed by atoms with van der Waals surface area (Å²) in [6, 6.07) is 0. The number of nitrogens with zero attached hydrogens (tertiary/aromatic N) is 3. The van der Waals surface area contributed by atoms with Gasteiger partial charge in [-0.25, -0.2) is 0 Å². The van der Waals surface area contributed by atoms with Crippen molar-refractivity contribution in [2.45, 2.75) is 93.0 Å². The molecule has 2 aliphatic rings. The van der Waals surface area contributed by atoms with Gasteiger partial charge in [0.2, 0.25) is 23.6 Å². The summed E-state index contributed by atoms with van der Waals surface area (Å²) in [5.41, 5.74) is -0.495. The van der Waals surface area contributed by atoms with Gasteiger partial charge in [0, 0.05) is 70.0 Å². The molecule has 2 fully saturated rings. The normalized spacial score (nSPS) is 18.4. The van der Waals surface area contributed by atoms with Crippen LogP contribution in [0.25, 0.3) is 0 Å². The molecule has 216 valence electrons. The van der Waals surface area contributed by atoms with Gasteiger partial charge < -0.3 is 20.2 Å². The van der Waals surface area contributed by atoms with E-state index in [1.165, 1.54) is 4.90 Å². The lowest BCUT2D eigenvalue weighted by molar-refractivity contribution is -0.140. The van der Waals surface area contributed by atoms with E-state index in [2.05, 4.69) is 31.1 Å². The maximum atomic E-state index is 12.1. The molecule has 4 amide bonds. The molecular weight excluding hydrogens is 472 g/mol. The first-order chi connectivity index (χ1) is 17.3. The van der Waals surface area contributed by atoms with Crippen molar-refractivity contribution in [3.8, 4) is 0 Å². The Morgan fingerprint density at radius 3 is 2.05 bits per heavy atom. The molecule has 0 aliphatic carbocycles. The molecule has 37 heavy (non-hydrogen) atoms. The van der Waals surface area contributed by atoms with E-state index in [1.807, 2.05) is 46.4 Å². The molecule has 2 rings (SSSR count). The van der Waals surface area contributed by atoms with Crippen molar-refractivity contribution in [2.24, 2.45) is 17.8 Å². The number of hydrogen-bond acceptors (Lipinski definition) is 6. The van der Waals surface area contributed by atoms with Crippen molar-refractivity contribution in [3.05, 3.63) is 0 Å². The van der Waals surface area contributed by atoms with Crippen molar-refractivity contribution >= 4 is 23.6 Å². The molecule has 0 saturated carbocycles. The van der Waals surface area contributed by atoms with Crippen LogP contribution in [-0.4, -0.2) is 95.4 Å². The van der Waals surface area contributed by atoms with Crippen LogP contribution in [-0.2, 0) is 19.2 Å². The summed E-state index contributed by atoms with van der Waals surface area (Å²) < 4.78 is 0. The Kier molecular flexibility index (Phi) is 16.6. The van der Waals surface area contributed by atoms with E-state index < -0.39 is 5.54 Å². The first kappa shape index (κ1) is 35.0. The van der Waals surface area contributed by atoms with Gasteiger partial charge in [-0.1, -0.05) is 41.5 Å². The number of rotatable bonds is 10. The number of nitrogens with one attached hydrogen (secondary N) is 1. The lowest BCUT2D eigenvalue weighted by Crippen LogP contribution is -2.47. The van der Waals surface area contributed by atoms with Crippen LogP contribution in [0.3, 0.4) is 0 Å². The summed E-state index contributed by atoms with van der Waals surface area (Å²) in [5, 5.41) is 11.7. The highest BCUT2D eigenvalue weighted by Crippen LogP contribution is 2.26. The molecule has 0 radical (unpaired) electrons. The van der Waals surface area contributed by atoms with E-state index in [9.17, 15) is 19.2 Å². The van der Waals surface area contributed by atoms with E-state index in [-0.39, 0.29) is 55.6 Å². The number of piperazine rings is 1. The monoisotopic (exact) mass is 526 g/mol. The maximum Gasteiger partial charge on any atom is 0.233 e. The van der Waals surface area contributed by atoms with Gasteiger partial charge in [-0.15, -0.1) is 0 Å². The number of aliphatic hydroxyl groups excluding tert-OH is 1. The van der Waals surface area contributed by atoms with Crippen molar-refractivity contribution < 1.29 is 24.3 Å². The second kappa shape index (κ2) is 17.5. The van der Waals surface area contributed by atoms with Crippen molar-refractivity contribution in [1.29, 1.82) is 0 Å². The number of carbonyl (C=O) groups excluding carboxylic acids is 4. The Morgan fingerprint density at radius 1 is 1.03 bits per heavy atom. The van der Waals surface area contributed by atoms with Gasteiger partial charge in [0.15, 0.2) is 0 Å². The van der Waals surface area contributed by atoms with Gasteiger partial charge in [-0.2, -0.15) is 0 Å². The third kappa shape index (κ3) is 13.4. The molecule has 2 saturated heterocycles. The van der Waals surface area contributed by atoms with Gasteiger partial charge in [-0.3, -0.25) is 24.1 Å². The average molecular weight is 527 g/mol. The first-order valence-corrected chi connectivity index (χ1v) is 14.0. The highest BCUT2D eigenvalue weighted by molar-refractivity contribution is 6.03. The lowest BCUT2D eigenvalue weighted by atomic mass is 9.94. The summed E-state index contributed by atoms with van der Waals surface area (Å²) in [6.07, 6.45) is 2.54. The van der Waals surface area contributed by atoms with Gasteiger partial charge in [-0.05, 0) is 45.6 Å².